The van der Waals surface area contributed by atoms with Crippen LogP contribution in [-0.2, 0) is 73.3 Å². The van der Waals surface area contributed by atoms with E-state index in [0.29, 0.717) is 0 Å². The van der Waals surface area contributed by atoms with Crippen LogP contribution in [0.2, 0.25) is 0 Å². The molecule has 0 aromatic heterocycles. The molecular formula is HAl10EuMgO17+2. The number of rotatable bonds is 10. The van der Waals surface area contributed by atoms with Crippen molar-refractivity contribution in [2.75, 3.05) is 0 Å². The van der Waals surface area contributed by atoms with Gasteiger partial charge in [0.05, 0.1) is 0 Å². The van der Waals surface area contributed by atoms with E-state index >= 15 is 0 Å². The zero-order chi connectivity index (χ0) is 19.8. The Balaban J connectivity index is -0.0000000159. The van der Waals surface area contributed by atoms with Crippen LogP contribution >= 0.6 is 0 Å². The molecule has 29 heteroatoms. The Hall–Kier alpha value is 6.20. The predicted octanol–water partition coefficient (Wildman–Crippen LogP) is -5.53. The van der Waals surface area contributed by atoms with Crippen LogP contribution in [0.15, 0.2) is 0 Å². The molecule has 17 nitrogen and oxygen atoms in total. The molecule has 0 fully saturated rings. The second-order valence-electron chi connectivity index (χ2n) is 0.783. The van der Waals surface area contributed by atoms with Crippen LogP contribution in [0.5, 0.6) is 0 Å². The molecule has 0 aliphatic carbocycles. The average molecular weight is 719 g/mol. The molecule has 22 radical (unpaired) electrons. The van der Waals surface area contributed by atoms with Crippen LogP contribution in [0, 0.1) is 49.4 Å². The summed E-state index contributed by atoms with van der Waals surface area (Å²) in [5.74, 6) is 0. The van der Waals surface area contributed by atoms with Crippen LogP contribution in [0.1, 0.15) is 0 Å². The van der Waals surface area contributed by atoms with Crippen molar-refractivity contribution >= 4 is 190 Å². The molecule has 140 valence electrons. The van der Waals surface area contributed by atoms with Gasteiger partial charge in [0.1, 0.15) is 0 Å². The molecule has 0 rings (SSSR count). The minimum absolute atomic E-state index is 0. The molecule has 0 aromatic rings. The number of hydrogen-bond donors (Lipinski definition) is 1. The van der Waals surface area contributed by atoms with E-state index in [1.54, 1.807) is 16.6 Å². The van der Waals surface area contributed by atoms with Gasteiger partial charge in [0.15, 0.2) is 0 Å². The molecule has 1 N–H and O–H groups in total. The minimum atomic E-state index is 0. The average Bonchev–Trinajstić information content (AvgIpc) is 2.68. The second kappa shape index (κ2) is 127. The molecule has 0 unspecified atom stereocenters. The summed E-state index contributed by atoms with van der Waals surface area (Å²) in [5.41, 5.74) is 0. The first kappa shape index (κ1) is 76.5. The van der Waals surface area contributed by atoms with Gasteiger partial charge >= 0.3 is 166 Å². The van der Waals surface area contributed by atoms with Gasteiger partial charge in [0.2, 0.25) is 0 Å². The Morgan fingerprint density at radius 1 is 0.448 bits per heavy atom. The summed E-state index contributed by atoms with van der Waals surface area (Å²) in [6, 6.07) is 0. The van der Waals surface area contributed by atoms with Gasteiger partial charge in [0, 0.05) is 92.5 Å². The van der Waals surface area contributed by atoms with Crippen LogP contribution in [0.3, 0.4) is 0 Å². The molecule has 0 aliphatic rings. The monoisotopic (exact) mass is 720 g/mol. The Morgan fingerprint density at radius 2 is 0.621 bits per heavy atom. The molecular weight excluding hydrogens is 718 g/mol. The van der Waals surface area contributed by atoms with Crippen molar-refractivity contribution in [1.82, 2.24) is 0 Å². The summed E-state index contributed by atoms with van der Waals surface area (Å²) in [4.78, 5) is 0. The van der Waals surface area contributed by atoms with E-state index < -0.39 is 0 Å². The van der Waals surface area contributed by atoms with E-state index in [0.717, 1.165) is 0 Å². The first-order valence-corrected chi connectivity index (χ1v) is 6.09. The normalized spacial score (nSPS) is 5.24. The fraction of sp³-hybridized carbons (Fsp3) is 0. The first-order chi connectivity index (χ1) is 11.4. The maximum atomic E-state index is 8.17. The van der Waals surface area contributed by atoms with Crippen molar-refractivity contribution in [2.45, 2.75) is 0 Å². The quantitative estimate of drug-likeness (QED) is 0.0967. The van der Waals surface area contributed by atoms with Gasteiger partial charge < -0.3 is 3.94 Å². The van der Waals surface area contributed by atoms with E-state index in [1.807, 2.05) is 0 Å². The SMILES string of the molecule is OOOOOOOOOOO[O][Al].[Al].[Al].[Al].[Al].[Eu+2].[Mg].[O]=[Al].[O]=[Al].[O]=[Al].[O]=[Al].[O]=[Al]. The van der Waals surface area contributed by atoms with Gasteiger partial charge in [-0.2, -0.15) is 0 Å². The number of hydrogen-bond acceptors (Lipinski definition) is 17. The Labute approximate surface area is 312 Å². The van der Waals surface area contributed by atoms with Gasteiger partial charge in [0.25, 0.3) is 0 Å². The van der Waals surface area contributed by atoms with Crippen LogP contribution < -0.4 is 0 Å². The molecule has 0 amide bonds. The third-order valence-electron chi connectivity index (χ3n) is 0.292. The third kappa shape index (κ3) is 135. The summed E-state index contributed by atoms with van der Waals surface area (Å²) in [5, 5.41) is 41.4. The fourth-order valence-electron chi connectivity index (χ4n) is 0.108. The zero-order valence-electron chi connectivity index (χ0n) is 13.8. The van der Waals surface area contributed by atoms with Gasteiger partial charge in [-0.3, -0.25) is 0 Å². The van der Waals surface area contributed by atoms with E-state index in [4.69, 9.17) is 24.3 Å². The van der Waals surface area contributed by atoms with Crippen molar-refractivity contribution in [3.05, 3.63) is 0 Å². The van der Waals surface area contributed by atoms with Crippen molar-refractivity contribution in [3.63, 3.8) is 0 Å². The summed E-state index contributed by atoms with van der Waals surface area (Å²) in [7, 11) is 0. The predicted molar refractivity (Wildman–Crippen MR) is 81.3 cm³/mol. The van der Waals surface area contributed by atoms with Crippen molar-refractivity contribution < 1.29 is 128 Å². The van der Waals surface area contributed by atoms with Gasteiger partial charge in [-0.15, -0.1) is 0 Å². The summed E-state index contributed by atoms with van der Waals surface area (Å²) in [6.45, 7) is 0. The van der Waals surface area contributed by atoms with Crippen molar-refractivity contribution in [3.8, 4) is 0 Å². The second-order valence-corrected chi connectivity index (χ2v) is 0.976. The molecule has 0 aromatic carbocycles. The van der Waals surface area contributed by atoms with Crippen molar-refractivity contribution in [1.29, 1.82) is 0 Å². The molecule has 0 saturated heterocycles. The fourth-order valence-corrected chi connectivity index (χ4v) is 0.140. The Bertz CT molecular complexity index is 145. The van der Waals surface area contributed by atoms with Crippen LogP contribution in [0.25, 0.3) is 0 Å². The van der Waals surface area contributed by atoms with E-state index in [-0.39, 0.29) is 142 Å². The van der Waals surface area contributed by atoms with Gasteiger partial charge in [-0.25, -0.2) is 5.26 Å². The standard InChI is InChI=1S/10Al.Eu.Mg.H2O12.5O/c;;;;;;;;;;;;1-3-5-7-9-11-12-10-8-6-4-2;;;;;/h;;;;;;;;;;;;1-2H;;;;;/q;;;;;;;;;+1;+2;;;;;;;/p-1. The molecule has 0 spiro atoms. The first-order valence-electron chi connectivity index (χ1n) is 3.26. The summed E-state index contributed by atoms with van der Waals surface area (Å²) >= 11 is 7.49. The summed E-state index contributed by atoms with van der Waals surface area (Å²) in [6.07, 6.45) is 0. The summed E-state index contributed by atoms with van der Waals surface area (Å²) < 4.78 is 44.6. The van der Waals surface area contributed by atoms with Gasteiger partial charge in [-0.1, -0.05) is 5.04 Å². The Morgan fingerprint density at radius 3 is 0.793 bits per heavy atom. The van der Waals surface area contributed by atoms with Crippen LogP contribution in [0.4, 0.5) is 0 Å². The zero-order valence-corrected chi connectivity index (χ0v) is 29.2. The molecule has 0 saturated carbocycles. The molecule has 0 heterocycles. The molecule has 29 heavy (non-hydrogen) atoms. The Kier molecular flexibility index (Phi) is 336. The topological polar surface area (TPSA) is 207 Å². The van der Waals surface area contributed by atoms with Gasteiger partial charge in [-0.05, 0) is 45.3 Å². The van der Waals surface area contributed by atoms with Crippen molar-refractivity contribution in [2.24, 2.45) is 0 Å². The van der Waals surface area contributed by atoms with E-state index in [9.17, 15) is 0 Å². The molecule has 0 bridgehead atoms. The van der Waals surface area contributed by atoms with E-state index in [2.05, 4.69) is 54.3 Å². The molecule has 0 aliphatic heterocycles. The van der Waals surface area contributed by atoms with E-state index in [1.165, 1.54) is 81.1 Å². The third-order valence-corrected chi connectivity index (χ3v) is 0.371. The molecule has 0 atom stereocenters. The van der Waals surface area contributed by atoms with Crippen LogP contribution in [-0.4, -0.2) is 196 Å². The maximum absolute atomic E-state index is 8.17.